The number of ether oxygens (including phenoxy) is 1. The first-order valence-corrected chi connectivity index (χ1v) is 8.73. The Bertz CT molecular complexity index is 738. The van der Waals surface area contributed by atoms with Crippen molar-refractivity contribution in [1.29, 1.82) is 0 Å². The summed E-state index contributed by atoms with van der Waals surface area (Å²) in [5, 5.41) is 13.6. The standard InChI is InChI=1S/C17H18N2O4S/c20-16(18-9-15-19-13(10-24-15)17(21)22)12-7-3-4-8-14(12)23-11-5-1-2-6-11/h3-4,7-8,10-11H,1-2,5-6,9H2,(H,18,20)(H,21,22). The van der Waals surface area contributed by atoms with Gasteiger partial charge in [0.2, 0.25) is 0 Å². The second-order valence-electron chi connectivity index (χ2n) is 5.63. The van der Waals surface area contributed by atoms with Gasteiger partial charge < -0.3 is 15.2 Å². The van der Waals surface area contributed by atoms with Gasteiger partial charge in [-0.15, -0.1) is 11.3 Å². The molecule has 0 spiro atoms. The molecule has 1 saturated carbocycles. The van der Waals surface area contributed by atoms with Gasteiger partial charge in [0.15, 0.2) is 5.69 Å². The SMILES string of the molecule is O=C(O)c1csc(CNC(=O)c2ccccc2OC2CCCC2)n1. The number of para-hydroxylation sites is 1. The summed E-state index contributed by atoms with van der Waals surface area (Å²) >= 11 is 1.21. The molecule has 1 heterocycles. The summed E-state index contributed by atoms with van der Waals surface area (Å²) in [5.41, 5.74) is 0.480. The Balaban J connectivity index is 1.64. The summed E-state index contributed by atoms with van der Waals surface area (Å²) in [6.07, 6.45) is 4.54. The van der Waals surface area contributed by atoms with Crippen LogP contribution < -0.4 is 10.1 Å². The second kappa shape index (κ2) is 7.44. The van der Waals surface area contributed by atoms with E-state index in [1.54, 1.807) is 18.2 Å². The third-order valence-corrected chi connectivity index (χ3v) is 4.75. The highest BCUT2D eigenvalue weighted by Gasteiger charge is 2.20. The van der Waals surface area contributed by atoms with Gasteiger partial charge in [-0.2, -0.15) is 0 Å². The molecule has 2 aromatic rings. The molecule has 1 amide bonds. The number of carboxylic acid groups (broad SMARTS) is 1. The molecule has 1 aromatic carbocycles. The molecule has 1 fully saturated rings. The van der Waals surface area contributed by atoms with Crippen molar-refractivity contribution in [3.8, 4) is 5.75 Å². The number of hydrogen-bond acceptors (Lipinski definition) is 5. The molecular formula is C17H18N2O4S. The molecule has 126 valence electrons. The largest absolute Gasteiger partial charge is 0.490 e. The topological polar surface area (TPSA) is 88.5 Å². The maximum atomic E-state index is 12.4. The van der Waals surface area contributed by atoms with Crippen molar-refractivity contribution < 1.29 is 19.4 Å². The molecular weight excluding hydrogens is 328 g/mol. The predicted molar refractivity (Wildman–Crippen MR) is 89.6 cm³/mol. The summed E-state index contributed by atoms with van der Waals surface area (Å²) < 4.78 is 5.96. The van der Waals surface area contributed by atoms with Crippen molar-refractivity contribution in [1.82, 2.24) is 10.3 Å². The molecule has 3 rings (SSSR count). The average Bonchev–Trinajstić information content (AvgIpc) is 3.24. The number of thiazole rings is 1. The smallest absolute Gasteiger partial charge is 0.355 e. The molecule has 0 saturated heterocycles. The maximum Gasteiger partial charge on any atom is 0.355 e. The number of rotatable bonds is 6. The number of hydrogen-bond donors (Lipinski definition) is 2. The van der Waals surface area contributed by atoms with E-state index in [-0.39, 0.29) is 24.2 Å². The van der Waals surface area contributed by atoms with Gasteiger partial charge in [0.05, 0.1) is 18.2 Å². The van der Waals surface area contributed by atoms with Crippen LogP contribution in [0, 0.1) is 0 Å². The van der Waals surface area contributed by atoms with E-state index in [0.29, 0.717) is 16.3 Å². The van der Waals surface area contributed by atoms with E-state index < -0.39 is 5.97 Å². The lowest BCUT2D eigenvalue weighted by Crippen LogP contribution is -2.24. The van der Waals surface area contributed by atoms with Gasteiger partial charge in [-0.1, -0.05) is 12.1 Å². The first-order chi connectivity index (χ1) is 11.6. The molecule has 2 N–H and O–H groups in total. The highest BCUT2D eigenvalue weighted by Crippen LogP contribution is 2.26. The Hall–Kier alpha value is -2.41. The molecule has 0 unspecified atom stereocenters. The number of nitrogens with one attached hydrogen (secondary N) is 1. The lowest BCUT2D eigenvalue weighted by Gasteiger charge is -2.16. The number of carbonyl (C=O) groups excluding carboxylic acids is 1. The first-order valence-electron chi connectivity index (χ1n) is 7.85. The molecule has 1 aromatic heterocycles. The van der Waals surface area contributed by atoms with Crippen molar-refractivity contribution in [2.45, 2.75) is 38.3 Å². The van der Waals surface area contributed by atoms with Crippen molar-refractivity contribution in [2.24, 2.45) is 0 Å². The molecule has 1 aliphatic rings. The number of carboxylic acids is 1. The van der Waals surface area contributed by atoms with Gasteiger partial charge >= 0.3 is 5.97 Å². The number of amides is 1. The molecule has 0 bridgehead atoms. The number of benzene rings is 1. The van der Waals surface area contributed by atoms with Crippen molar-refractivity contribution in [3.63, 3.8) is 0 Å². The van der Waals surface area contributed by atoms with E-state index in [1.807, 2.05) is 6.07 Å². The normalized spacial score (nSPS) is 14.5. The van der Waals surface area contributed by atoms with Gasteiger partial charge in [0.1, 0.15) is 10.8 Å². The molecule has 0 atom stereocenters. The Morgan fingerprint density at radius 2 is 2.04 bits per heavy atom. The summed E-state index contributed by atoms with van der Waals surface area (Å²) in [5.74, 6) is -0.734. The zero-order valence-corrected chi connectivity index (χ0v) is 13.8. The third-order valence-electron chi connectivity index (χ3n) is 3.90. The third kappa shape index (κ3) is 3.91. The van der Waals surface area contributed by atoms with Gasteiger partial charge in [-0.05, 0) is 37.8 Å². The monoisotopic (exact) mass is 346 g/mol. The Morgan fingerprint density at radius 3 is 2.75 bits per heavy atom. The number of aromatic carboxylic acids is 1. The van der Waals surface area contributed by atoms with E-state index in [1.165, 1.54) is 16.7 Å². The summed E-state index contributed by atoms with van der Waals surface area (Å²) in [7, 11) is 0. The number of aromatic nitrogens is 1. The van der Waals surface area contributed by atoms with Crippen LogP contribution in [0.25, 0.3) is 0 Å². The van der Waals surface area contributed by atoms with Gasteiger partial charge in [-0.25, -0.2) is 9.78 Å². The fourth-order valence-corrected chi connectivity index (χ4v) is 3.39. The fourth-order valence-electron chi connectivity index (χ4n) is 2.68. The summed E-state index contributed by atoms with van der Waals surface area (Å²) in [6.45, 7) is 0.189. The minimum Gasteiger partial charge on any atom is -0.490 e. The van der Waals surface area contributed by atoms with Crippen LogP contribution in [0.2, 0.25) is 0 Å². The molecule has 0 aliphatic heterocycles. The molecule has 6 nitrogen and oxygen atoms in total. The maximum absolute atomic E-state index is 12.4. The lowest BCUT2D eigenvalue weighted by atomic mass is 10.2. The summed E-state index contributed by atoms with van der Waals surface area (Å²) in [6, 6.07) is 7.17. The van der Waals surface area contributed by atoms with Crippen molar-refractivity contribution >= 4 is 23.2 Å². The van der Waals surface area contributed by atoms with E-state index in [0.717, 1.165) is 25.7 Å². The molecule has 1 aliphatic carbocycles. The molecule has 7 heteroatoms. The highest BCUT2D eigenvalue weighted by atomic mass is 32.1. The average molecular weight is 346 g/mol. The minimum absolute atomic E-state index is 0.00536. The van der Waals surface area contributed by atoms with E-state index >= 15 is 0 Å². The van der Waals surface area contributed by atoms with Crippen LogP contribution in [-0.2, 0) is 6.54 Å². The number of carbonyl (C=O) groups is 2. The van der Waals surface area contributed by atoms with Crippen LogP contribution in [0.15, 0.2) is 29.6 Å². The van der Waals surface area contributed by atoms with Crippen molar-refractivity contribution in [3.05, 3.63) is 45.9 Å². The van der Waals surface area contributed by atoms with Crippen LogP contribution in [0.5, 0.6) is 5.75 Å². The number of nitrogens with zero attached hydrogens (tertiary/aromatic N) is 1. The Morgan fingerprint density at radius 1 is 1.29 bits per heavy atom. The minimum atomic E-state index is -1.07. The van der Waals surface area contributed by atoms with Crippen LogP contribution >= 0.6 is 11.3 Å². The van der Waals surface area contributed by atoms with Crippen LogP contribution in [0.3, 0.4) is 0 Å². The fraction of sp³-hybridized carbons (Fsp3) is 0.353. The van der Waals surface area contributed by atoms with Crippen LogP contribution in [-0.4, -0.2) is 28.1 Å². The Kier molecular flexibility index (Phi) is 5.10. The van der Waals surface area contributed by atoms with Gasteiger partial charge in [-0.3, -0.25) is 4.79 Å². The zero-order chi connectivity index (χ0) is 16.9. The zero-order valence-electron chi connectivity index (χ0n) is 13.0. The van der Waals surface area contributed by atoms with Gasteiger partial charge in [0, 0.05) is 5.38 Å². The predicted octanol–water partition coefficient (Wildman–Crippen LogP) is 3.09. The Labute approximate surface area is 143 Å². The van der Waals surface area contributed by atoms with E-state index in [4.69, 9.17) is 9.84 Å². The molecule has 24 heavy (non-hydrogen) atoms. The lowest BCUT2D eigenvalue weighted by molar-refractivity contribution is 0.0691. The highest BCUT2D eigenvalue weighted by molar-refractivity contribution is 7.09. The second-order valence-corrected chi connectivity index (χ2v) is 6.58. The van der Waals surface area contributed by atoms with E-state index in [9.17, 15) is 9.59 Å². The van der Waals surface area contributed by atoms with Crippen LogP contribution in [0.4, 0.5) is 0 Å². The molecule has 0 radical (unpaired) electrons. The van der Waals surface area contributed by atoms with Crippen molar-refractivity contribution in [2.75, 3.05) is 0 Å². The summed E-state index contributed by atoms with van der Waals surface area (Å²) in [4.78, 5) is 27.2. The first kappa shape index (κ1) is 16.4. The van der Waals surface area contributed by atoms with Gasteiger partial charge in [0.25, 0.3) is 5.91 Å². The van der Waals surface area contributed by atoms with E-state index in [2.05, 4.69) is 10.3 Å². The quantitative estimate of drug-likeness (QED) is 0.839. The van der Waals surface area contributed by atoms with Crippen LogP contribution in [0.1, 0.15) is 51.5 Å².